The van der Waals surface area contributed by atoms with E-state index in [1.165, 1.54) is 37.9 Å². The van der Waals surface area contributed by atoms with Crippen LogP contribution >= 0.6 is 11.6 Å². The van der Waals surface area contributed by atoms with E-state index in [4.69, 9.17) is 16.3 Å². The quantitative estimate of drug-likeness (QED) is 0.731. The van der Waals surface area contributed by atoms with E-state index in [1.54, 1.807) is 19.1 Å². The number of likely N-dealkylation sites (tertiary alicyclic amines) is 1. The molecule has 0 aromatic heterocycles. The summed E-state index contributed by atoms with van der Waals surface area (Å²) in [6, 6.07) is 13.9. The number of nitrogens with one attached hydrogen (secondary N) is 1. The van der Waals surface area contributed by atoms with Crippen molar-refractivity contribution in [3.63, 3.8) is 0 Å². The molecule has 0 unspecified atom stereocenters. The fourth-order valence-corrected chi connectivity index (χ4v) is 3.54. The molecule has 5 heteroatoms. The highest BCUT2D eigenvalue weighted by molar-refractivity contribution is 6.31. The van der Waals surface area contributed by atoms with Crippen LogP contribution in [0, 0.1) is 6.92 Å². The van der Waals surface area contributed by atoms with Crippen LogP contribution in [-0.4, -0.2) is 30.0 Å². The van der Waals surface area contributed by atoms with Crippen LogP contribution < -0.4 is 10.1 Å². The molecule has 1 aliphatic heterocycles. The average Bonchev–Trinajstić information content (AvgIpc) is 2.71. The molecule has 150 valence electrons. The first-order valence-corrected chi connectivity index (χ1v) is 10.4. The monoisotopic (exact) mass is 400 g/mol. The number of nitrogens with zero attached hydrogens (tertiary/aromatic N) is 1. The summed E-state index contributed by atoms with van der Waals surface area (Å²) in [5.41, 5.74) is 3.34. The number of rotatable bonds is 7. The zero-order chi connectivity index (χ0) is 19.9. The van der Waals surface area contributed by atoms with Crippen LogP contribution in [-0.2, 0) is 17.9 Å². The number of hydrogen-bond donors (Lipinski definition) is 1. The van der Waals surface area contributed by atoms with Crippen LogP contribution in [0.15, 0.2) is 42.5 Å². The summed E-state index contributed by atoms with van der Waals surface area (Å²) in [6.07, 6.45) is 3.40. The molecule has 1 atom stereocenters. The summed E-state index contributed by atoms with van der Waals surface area (Å²) < 4.78 is 5.73. The molecule has 1 saturated heterocycles. The Kier molecular flexibility index (Phi) is 7.35. The second kappa shape index (κ2) is 9.94. The number of amides is 1. The van der Waals surface area contributed by atoms with Gasteiger partial charge in [-0.3, -0.25) is 9.69 Å². The van der Waals surface area contributed by atoms with Gasteiger partial charge in [-0.05, 0) is 74.7 Å². The molecule has 0 radical (unpaired) electrons. The Labute approximate surface area is 172 Å². The van der Waals surface area contributed by atoms with Crippen LogP contribution in [0.3, 0.4) is 0 Å². The smallest absolute Gasteiger partial charge is 0.261 e. The summed E-state index contributed by atoms with van der Waals surface area (Å²) in [7, 11) is 0. The van der Waals surface area contributed by atoms with E-state index >= 15 is 0 Å². The Morgan fingerprint density at radius 2 is 1.79 bits per heavy atom. The van der Waals surface area contributed by atoms with Gasteiger partial charge in [-0.25, -0.2) is 0 Å². The van der Waals surface area contributed by atoms with E-state index in [0.717, 1.165) is 17.7 Å². The summed E-state index contributed by atoms with van der Waals surface area (Å²) >= 11 is 6.03. The highest BCUT2D eigenvalue weighted by atomic mass is 35.5. The molecule has 0 aliphatic carbocycles. The molecule has 1 heterocycles. The Balaban J connectivity index is 1.46. The molecule has 3 rings (SSSR count). The fraction of sp³-hybridized carbons (Fsp3) is 0.435. The molecule has 2 aromatic rings. The van der Waals surface area contributed by atoms with Gasteiger partial charge in [0.15, 0.2) is 6.10 Å². The molecule has 4 nitrogen and oxygen atoms in total. The normalized spacial score (nSPS) is 15.8. The largest absolute Gasteiger partial charge is 0.481 e. The van der Waals surface area contributed by atoms with Crippen molar-refractivity contribution in [1.82, 2.24) is 10.2 Å². The topological polar surface area (TPSA) is 41.6 Å². The van der Waals surface area contributed by atoms with Crippen molar-refractivity contribution in [1.29, 1.82) is 0 Å². The lowest BCUT2D eigenvalue weighted by Crippen LogP contribution is -2.35. The fourth-order valence-electron chi connectivity index (χ4n) is 3.42. The van der Waals surface area contributed by atoms with Crippen molar-refractivity contribution >= 4 is 17.5 Å². The predicted molar refractivity (Wildman–Crippen MR) is 114 cm³/mol. The summed E-state index contributed by atoms with van der Waals surface area (Å²) in [6.45, 7) is 7.57. The Morgan fingerprint density at radius 1 is 1.11 bits per heavy atom. The minimum absolute atomic E-state index is 0.134. The lowest BCUT2D eigenvalue weighted by molar-refractivity contribution is -0.127. The van der Waals surface area contributed by atoms with Gasteiger partial charge in [-0.15, -0.1) is 0 Å². The van der Waals surface area contributed by atoms with Gasteiger partial charge in [0, 0.05) is 18.1 Å². The van der Waals surface area contributed by atoms with Crippen molar-refractivity contribution in [2.24, 2.45) is 0 Å². The molecule has 0 saturated carbocycles. The number of aryl methyl sites for hydroxylation is 1. The number of carbonyl (C=O) groups is 1. The molecule has 1 aliphatic rings. The molecule has 28 heavy (non-hydrogen) atoms. The van der Waals surface area contributed by atoms with Crippen LogP contribution in [0.4, 0.5) is 0 Å². The Hall–Kier alpha value is -2.04. The van der Waals surface area contributed by atoms with E-state index in [-0.39, 0.29) is 5.91 Å². The highest BCUT2D eigenvalue weighted by Crippen LogP contribution is 2.22. The van der Waals surface area contributed by atoms with Gasteiger partial charge in [0.25, 0.3) is 5.91 Å². The van der Waals surface area contributed by atoms with Gasteiger partial charge in [-0.2, -0.15) is 0 Å². The first kappa shape index (κ1) is 20.7. The summed E-state index contributed by atoms with van der Waals surface area (Å²) in [5.74, 6) is 0.511. The SMILES string of the molecule is Cc1cc(O[C@@H](C)C(=O)NCc2ccc(CN3CCCCC3)cc2)ccc1Cl. The minimum atomic E-state index is -0.570. The Bertz CT molecular complexity index is 786. The molecule has 1 N–H and O–H groups in total. The maximum Gasteiger partial charge on any atom is 0.261 e. The third-order valence-corrected chi connectivity index (χ3v) is 5.58. The number of hydrogen-bond acceptors (Lipinski definition) is 3. The minimum Gasteiger partial charge on any atom is -0.481 e. The van der Waals surface area contributed by atoms with E-state index in [1.807, 2.05) is 13.0 Å². The second-order valence-electron chi connectivity index (χ2n) is 7.54. The van der Waals surface area contributed by atoms with E-state index in [0.29, 0.717) is 17.3 Å². The molecule has 0 spiro atoms. The molecule has 1 fully saturated rings. The van der Waals surface area contributed by atoms with Gasteiger partial charge in [0.2, 0.25) is 0 Å². The Morgan fingerprint density at radius 3 is 2.46 bits per heavy atom. The zero-order valence-electron chi connectivity index (χ0n) is 16.7. The van der Waals surface area contributed by atoms with Gasteiger partial charge in [-0.1, -0.05) is 42.3 Å². The van der Waals surface area contributed by atoms with Crippen LogP contribution in [0.5, 0.6) is 5.75 Å². The number of halogens is 1. The molecule has 2 aromatic carbocycles. The first-order valence-electron chi connectivity index (χ1n) is 10.0. The highest BCUT2D eigenvalue weighted by Gasteiger charge is 2.15. The molecular formula is C23H29ClN2O2. The predicted octanol–water partition coefficient (Wildman–Crippen LogP) is 4.72. The molecule has 1 amide bonds. The first-order chi connectivity index (χ1) is 13.5. The van der Waals surface area contributed by atoms with Crippen LogP contribution in [0.25, 0.3) is 0 Å². The van der Waals surface area contributed by atoms with Crippen molar-refractivity contribution in [2.75, 3.05) is 13.1 Å². The molecular weight excluding hydrogens is 372 g/mol. The maximum absolute atomic E-state index is 12.3. The third-order valence-electron chi connectivity index (χ3n) is 5.16. The number of ether oxygens (including phenoxy) is 1. The summed E-state index contributed by atoms with van der Waals surface area (Å²) in [5, 5.41) is 3.63. The number of piperidine rings is 1. The van der Waals surface area contributed by atoms with Gasteiger partial charge in [0.05, 0.1) is 0 Å². The van der Waals surface area contributed by atoms with Crippen molar-refractivity contribution in [3.05, 3.63) is 64.2 Å². The van der Waals surface area contributed by atoms with E-state index in [2.05, 4.69) is 34.5 Å². The van der Waals surface area contributed by atoms with Gasteiger partial charge in [0.1, 0.15) is 5.75 Å². The van der Waals surface area contributed by atoms with Gasteiger partial charge >= 0.3 is 0 Å². The maximum atomic E-state index is 12.3. The number of benzene rings is 2. The third kappa shape index (κ3) is 5.98. The van der Waals surface area contributed by atoms with Crippen LogP contribution in [0.1, 0.15) is 42.9 Å². The standard InChI is InChI=1S/C23H29ClN2O2/c1-17-14-21(10-11-22(17)24)28-18(2)23(27)25-15-19-6-8-20(9-7-19)16-26-12-4-3-5-13-26/h6-11,14,18H,3-5,12-13,15-16H2,1-2H3,(H,25,27)/t18-/m0/s1. The van der Waals surface area contributed by atoms with Crippen LogP contribution in [0.2, 0.25) is 5.02 Å². The lowest BCUT2D eigenvalue weighted by atomic mass is 10.1. The second-order valence-corrected chi connectivity index (χ2v) is 7.95. The zero-order valence-corrected chi connectivity index (χ0v) is 17.5. The van der Waals surface area contributed by atoms with Crippen molar-refractivity contribution < 1.29 is 9.53 Å². The van der Waals surface area contributed by atoms with Crippen molar-refractivity contribution in [2.45, 2.75) is 52.3 Å². The molecule has 0 bridgehead atoms. The lowest BCUT2D eigenvalue weighted by Gasteiger charge is -2.26. The van der Waals surface area contributed by atoms with Gasteiger partial charge < -0.3 is 10.1 Å². The average molecular weight is 401 g/mol. The van der Waals surface area contributed by atoms with E-state index in [9.17, 15) is 4.79 Å². The summed E-state index contributed by atoms with van der Waals surface area (Å²) in [4.78, 5) is 14.8. The van der Waals surface area contributed by atoms with Crippen molar-refractivity contribution in [3.8, 4) is 5.75 Å². The van der Waals surface area contributed by atoms with E-state index < -0.39 is 6.10 Å². The number of carbonyl (C=O) groups excluding carboxylic acids is 1.